The first-order chi connectivity index (χ1) is 13.0. The van der Waals surface area contributed by atoms with Crippen LogP contribution >= 0.6 is 0 Å². The SMILES string of the molecule is Cc1cc(C(=O)Nc2ccc(NC(=O)CN3CCCCC3)cc2)cnc1C. The van der Waals surface area contributed by atoms with E-state index in [0.29, 0.717) is 17.8 Å². The number of nitrogens with zero attached hydrogens (tertiary/aromatic N) is 2. The van der Waals surface area contributed by atoms with Crippen molar-refractivity contribution in [1.82, 2.24) is 9.88 Å². The van der Waals surface area contributed by atoms with Gasteiger partial charge in [0.25, 0.3) is 5.91 Å². The van der Waals surface area contributed by atoms with Crippen molar-refractivity contribution in [2.75, 3.05) is 30.3 Å². The minimum absolute atomic E-state index is 0.00473. The number of rotatable bonds is 5. The predicted octanol–water partition coefficient (Wildman–Crippen LogP) is 3.38. The topological polar surface area (TPSA) is 74.3 Å². The molecule has 0 unspecified atom stereocenters. The first-order valence-electron chi connectivity index (χ1n) is 9.38. The number of benzene rings is 1. The summed E-state index contributed by atoms with van der Waals surface area (Å²) in [6.07, 6.45) is 5.16. The second-order valence-corrected chi connectivity index (χ2v) is 7.04. The molecule has 1 aromatic carbocycles. The Balaban J connectivity index is 1.54. The van der Waals surface area contributed by atoms with Crippen LogP contribution in [0.2, 0.25) is 0 Å². The van der Waals surface area contributed by atoms with Crippen molar-refractivity contribution in [3.8, 4) is 0 Å². The van der Waals surface area contributed by atoms with Gasteiger partial charge in [-0.15, -0.1) is 0 Å². The average Bonchev–Trinajstić information content (AvgIpc) is 2.66. The van der Waals surface area contributed by atoms with Crippen LogP contribution in [-0.4, -0.2) is 41.3 Å². The van der Waals surface area contributed by atoms with Crippen LogP contribution in [0, 0.1) is 13.8 Å². The van der Waals surface area contributed by atoms with Crippen molar-refractivity contribution in [2.24, 2.45) is 0 Å². The van der Waals surface area contributed by atoms with Gasteiger partial charge in [-0.3, -0.25) is 19.5 Å². The van der Waals surface area contributed by atoms with E-state index in [-0.39, 0.29) is 11.8 Å². The number of nitrogens with one attached hydrogen (secondary N) is 2. The summed E-state index contributed by atoms with van der Waals surface area (Å²) in [4.78, 5) is 30.9. The van der Waals surface area contributed by atoms with Crippen LogP contribution < -0.4 is 10.6 Å². The number of aromatic nitrogens is 1. The fourth-order valence-corrected chi connectivity index (χ4v) is 3.13. The fourth-order valence-electron chi connectivity index (χ4n) is 3.13. The van der Waals surface area contributed by atoms with Gasteiger partial charge in [0.05, 0.1) is 12.1 Å². The third kappa shape index (κ3) is 5.37. The molecule has 1 aliphatic heterocycles. The number of likely N-dealkylation sites (tertiary alicyclic amines) is 1. The molecule has 1 aliphatic rings. The van der Waals surface area contributed by atoms with Crippen molar-refractivity contribution >= 4 is 23.2 Å². The number of amides is 2. The lowest BCUT2D eigenvalue weighted by molar-refractivity contribution is -0.117. The molecule has 1 aromatic heterocycles. The maximum Gasteiger partial charge on any atom is 0.257 e. The molecule has 0 bridgehead atoms. The molecule has 2 amide bonds. The smallest absolute Gasteiger partial charge is 0.257 e. The van der Waals surface area contributed by atoms with Crippen LogP contribution in [0.4, 0.5) is 11.4 Å². The number of carbonyl (C=O) groups is 2. The van der Waals surface area contributed by atoms with Gasteiger partial charge in [-0.25, -0.2) is 0 Å². The molecule has 0 spiro atoms. The molecular formula is C21H26N4O2. The van der Waals surface area contributed by atoms with Crippen molar-refractivity contribution in [1.29, 1.82) is 0 Å². The third-order valence-corrected chi connectivity index (χ3v) is 4.84. The van der Waals surface area contributed by atoms with Crippen LogP contribution in [0.5, 0.6) is 0 Å². The fraction of sp³-hybridized carbons (Fsp3) is 0.381. The molecule has 142 valence electrons. The van der Waals surface area contributed by atoms with Crippen molar-refractivity contribution in [3.63, 3.8) is 0 Å². The van der Waals surface area contributed by atoms with E-state index >= 15 is 0 Å². The zero-order valence-corrected chi connectivity index (χ0v) is 15.9. The summed E-state index contributed by atoms with van der Waals surface area (Å²) in [7, 11) is 0. The highest BCUT2D eigenvalue weighted by molar-refractivity contribution is 6.04. The van der Waals surface area contributed by atoms with Gasteiger partial charge in [0.1, 0.15) is 0 Å². The third-order valence-electron chi connectivity index (χ3n) is 4.84. The monoisotopic (exact) mass is 366 g/mol. The lowest BCUT2D eigenvalue weighted by Crippen LogP contribution is -2.36. The van der Waals surface area contributed by atoms with Crippen LogP contribution in [-0.2, 0) is 4.79 Å². The van der Waals surface area contributed by atoms with Crippen LogP contribution in [0.3, 0.4) is 0 Å². The lowest BCUT2D eigenvalue weighted by atomic mass is 10.1. The number of anilines is 2. The van der Waals surface area contributed by atoms with Gasteiger partial charge in [-0.05, 0) is 75.7 Å². The molecule has 0 radical (unpaired) electrons. The van der Waals surface area contributed by atoms with E-state index in [2.05, 4.69) is 20.5 Å². The Kier molecular flexibility index (Phi) is 6.19. The number of carbonyl (C=O) groups excluding carboxylic acids is 2. The second-order valence-electron chi connectivity index (χ2n) is 7.04. The molecule has 27 heavy (non-hydrogen) atoms. The van der Waals surface area contributed by atoms with Crippen LogP contribution in [0.15, 0.2) is 36.5 Å². The number of hydrogen-bond acceptors (Lipinski definition) is 4. The zero-order valence-electron chi connectivity index (χ0n) is 15.9. The number of piperidine rings is 1. The number of hydrogen-bond donors (Lipinski definition) is 2. The summed E-state index contributed by atoms with van der Waals surface area (Å²) in [5, 5.41) is 5.76. The Bertz CT molecular complexity index is 811. The molecule has 6 nitrogen and oxygen atoms in total. The van der Waals surface area contributed by atoms with E-state index in [9.17, 15) is 9.59 Å². The maximum absolute atomic E-state index is 12.3. The molecule has 1 saturated heterocycles. The quantitative estimate of drug-likeness (QED) is 0.851. The normalized spacial score (nSPS) is 14.6. The predicted molar refractivity (Wildman–Crippen MR) is 107 cm³/mol. The van der Waals surface area contributed by atoms with E-state index in [0.717, 1.165) is 42.9 Å². The Morgan fingerprint density at radius 3 is 2.26 bits per heavy atom. The summed E-state index contributed by atoms with van der Waals surface area (Å²) in [6, 6.07) is 8.98. The van der Waals surface area contributed by atoms with Crippen molar-refractivity contribution in [3.05, 3.63) is 53.3 Å². The molecule has 0 saturated carbocycles. The summed E-state index contributed by atoms with van der Waals surface area (Å²) in [5.41, 5.74) is 3.82. The molecule has 1 fully saturated rings. The molecular weight excluding hydrogens is 340 g/mol. The molecule has 2 aromatic rings. The highest BCUT2D eigenvalue weighted by Crippen LogP contribution is 2.16. The Morgan fingerprint density at radius 2 is 1.63 bits per heavy atom. The average molecular weight is 366 g/mol. The molecule has 0 atom stereocenters. The van der Waals surface area contributed by atoms with Gasteiger partial charge in [0.2, 0.25) is 5.91 Å². The highest BCUT2D eigenvalue weighted by Gasteiger charge is 2.14. The van der Waals surface area contributed by atoms with Gasteiger partial charge in [-0.2, -0.15) is 0 Å². The summed E-state index contributed by atoms with van der Waals surface area (Å²) in [5.74, 6) is -0.206. The summed E-state index contributed by atoms with van der Waals surface area (Å²) < 4.78 is 0. The first-order valence-corrected chi connectivity index (χ1v) is 9.38. The lowest BCUT2D eigenvalue weighted by Gasteiger charge is -2.25. The molecule has 3 rings (SSSR count). The van der Waals surface area contributed by atoms with Gasteiger partial charge in [0.15, 0.2) is 0 Å². The molecule has 2 heterocycles. The van der Waals surface area contributed by atoms with Crippen molar-refractivity contribution in [2.45, 2.75) is 33.1 Å². The van der Waals surface area contributed by atoms with E-state index in [4.69, 9.17) is 0 Å². The summed E-state index contributed by atoms with van der Waals surface area (Å²) >= 11 is 0. The van der Waals surface area contributed by atoms with Crippen LogP contribution in [0.1, 0.15) is 40.9 Å². The molecule has 2 N–H and O–H groups in total. The van der Waals surface area contributed by atoms with E-state index in [1.54, 1.807) is 30.5 Å². The standard InChI is InChI=1S/C21H26N4O2/c1-15-12-17(13-22-16(15)2)21(27)24-19-8-6-18(7-9-19)23-20(26)14-25-10-4-3-5-11-25/h6-9,12-13H,3-5,10-11,14H2,1-2H3,(H,23,26)(H,24,27). The van der Waals surface area contributed by atoms with E-state index < -0.39 is 0 Å². The minimum Gasteiger partial charge on any atom is -0.325 e. The molecule has 0 aliphatic carbocycles. The maximum atomic E-state index is 12.3. The van der Waals surface area contributed by atoms with Gasteiger partial charge in [0, 0.05) is 23.3 Å². The number of aryl methyl sites for hydroxylation is 2. The van der Waals surface area contributed by atoms with Gasteiger partial charge >= 0.3 is 0 Å². The Hall–Kier alpha value is -2.73. The van der Waals surface area contributed by atoms with E-state index in [1.807, 2.05) is 19.9 Å². The highest BCUT2D eigenvalue weighted by atomic mass is 16.2. The van der Waals surface area contributed by atoms with Crippen LogP contribution in [0.25, 0.3) is 0 Å². The van der Waals surface area contributed by atoms with Gasteiger partial charge < -0.3 is 10.6 Å². The minimum atomic E-state index is -0.201. The molecule has 6 heteroatoms. The zero-order chi connectivity index (χ0) is 19.2. The number of pyridine rings is 1. The Morgan fingerprint density at radius 1 is 1.00 bits per heavy atom. The Labute approximate surface area is 160 Å². The van der Waals surface area contributed by atoms with E-state index in [1.165, 1.54) is 6.42 Å². The second kappa shape index (κ2) is 8.77. The van der Waals surface area contributed by atoms with Crippen molar-refractivity contribution < 1.29 is 9.59 Å². The first kappa shape index (κ1) is 19.0. The van der Waals surface area contributed by atoms with Gasteiger partial charge in [-0.1, -0.05) is 6.42 Å². The largest absolute Gasteiger partial charge is 0.325 e. The summed E-state index contributed by atoms with van der Waals surface area (Å²) in [6.45, 7) is 6.26.